The van der Waals surface area contributed by atoms with Crippen LogP contribution in [0, 0.1) is 0 Å². The number of thiazole rings is 1. The van der Waals surface area contributed by atoms with Crippen LogP contribution in [-0.2, 0) is 4.79 Å². The highest BCUT2D eigenvalue weighted by atomic mass is 32.1. The lowest BCUT2D eigenvalue weighted by atomic mass is 10.2. The van der Waals surface area contributed by atoms with E-state index in [1.165, 1.54) is 11.3 Å². The average molecular weight is 237 g/mol. The molecule has 2 heterocycles. The van der Waals surface area contributed by atoms with E-state index in [1.807, 2.05) is 18.3 Å². The SMILES string of the molecule is CNC(C(=O)O)c1csc(-c2ccc[nH]2)n1. The number of aliphatic carboxylic acids is 1. The van der Waals surface area contributed by atoms with Gasteiger partial charge >= 0.3 is 5.97 Å². The molecule has 0 bridgehead atoms. The Morgan fingerprint density at radius 1 is 1.69 bits per heavy atom. The van der Waals surface area contributed by atoms with Crippen molar-refractivity contribution in [2.45, 2.75) is 6.04 Å². The van der Waals surface area contributed by atoms with Gasteiger partial charge in [0.2, 0.25) is 0 Å². The third-order valence-corrected chi connectivity index (χ3v) is 3.08. The molecule has 0 fully saturated rings. The highest BCUT2D eigenvalue weighted by molar-refractivity contribution is 7.13. The number of aromatic nitrogens is 2. The molecule has 0 amide bonds. The molecule has 2 aromatic rings. The van der Waals surface area contributed by atoms with Gasteiger partial charge in [-0.15, -0.1) is 11.3 Å². The number of likely N-dealkylation sites (N-methyl/N-ethyl adjacent to an activating group) is 1. The molecule has 0 spiro atoms. The van der Waals surface area contributed by atoms with Crippen LogP contribution < -0.4 is 5.32 Å². The van der Waals surface area contributed by atoms with Crippen molar-refractivity contribution < 1.29 is 9.90 Å². The second-order valence-corrected chi connectivity index (χ2v) is 4.08. The van der Waals surface area contributed by atoms with Crippen molar-refractivity contribution in [3.63, 3.8) is 0 Å². The summed E-state index contributed by atoms with van der Waals surface area (Å²) in [5, 5.41) is 14.2. The molecule has 2 rings (SSSR count). The van der Waals surface area contributed by atoms with Crippen LogP contribution in [0.3, 0.4) is 0 Å². The van der Waals surface area contributed by atoms with Crippen molar-refractivity contribution in [3.05, 3.63) is 29.4 Å². The van der Waals surface area contributed by atoms with E-state index in [0.717, 1.165) is 10.7 Å². The van der Waals surface area contributed by atoms with E-state index in [0.29, 0.717) is 5.69 Å². The first-order valence-electron chi connectivity index (χ1n) is 4.71. The van der Waals surface area contributed by atoms with Gasteiger partial charge in [0.25, 0.3) is 0 Å². The predicted octanol–water partition coefficient (Wildman–Crippen LogP) is 1.48. The van der Waals surface area contributed by atoms with Crippen molar-refractivity contribution in [2.75, 3.05) is 7.05 Å². The molecule has 0 aliphatic carbocycles. The molecule has 0 aromatic carbocycles. The lowest BCUT2D eigenvalue weighted by Crippen LogP contribution is -2.25. The van der Waals surface area contributed by atoms with Crippen LogP contribution in [0.5, 0.6) is 0 Å². The van der Waals surface area contributed by atoms with Crippen molar-refractivity contribution in [1.82, 2.24) is 15.3 Å². The van der Waals surface area contributed by atoms with E-state index in [4.69, 9.17) is 5.11 Å². The quantitative estimate of drug-likeness (QED) is 0.752. The minimum Gasteiger partial charge on any atom is -0.480 e. The number of carbonyl (C=O) groups is 1. The van der Waals surface area contributed by atoms with Crippen LogP contribution in [0.4, 0.5) is 0 Å². The number of hydrogen-bond donors (Lipinski definition) is 3. The number of nitrogens with zero attached hydrogens (tertiary/aromatic N) is 1. The highest BCUT2D eigenvalue weighted by Crippen LogP contribution is 2.24. The van der Waals surface area contributed by atoms with E-state index >= 15 is 0 Å². The van der Waals surface area contributed by atoms with Crippen LogP contribution in [0.25, 0.3) is 10.7 Å². The molecular weight excluding hydrogens is 226 g/mol. The minimum atomic E-state index is -0.925. The van der Waals surface area contributed by atoms with E-state index in [9.17, 15) is 4.79 Å². The molecular formula is C10H11N3O2S. The molecule has 16 heavy (non-hydrogen) atoms. The van der Waals surface area contributed by atoms with Crippen molar-refractivity contribution in [1.29, 1.82) is 0 Å². The summed E-state index contributed by atoms with van der Waals surface area (Å²) in [5.41, 5.74) is 1.43. The molecule has 5 nitrogen and oxygen atoms in total. The molecule has 1 atom stereocenters. The summed E-state index contributed by atoms with van der Waals surface area (Å²) < 4.78 is 0. The van der Waals surface area contributed by atoms with E-state index in [1.54, 1.807) is 12.4 Å². The maximum Gasteiger partial charge on any atom is 0.327 e. The maximum atomic E-state index is 10.9. The van der Waals surface area contributed by atoms with E-state index in [2.05, 4.69) is 15.3 Å². The average Bonchev–Trinajstić information content (AvgIpc) is 2.86. The summed E-state index contributed by atoms with van der Waals surface area (Å²) in [6.45, 7) is 0. The lowest BCUT2D eigenvalue weighted by molar-refractivity contribution is -0.139. The molecule has 0 saturated carbocycles. The smallest absolute Gasteiger partial charge is 0.327 e. The Hall–Kier alpha value is -1.66. The minimum absolute atomic E-state index is 0.532. The second-order valence-electron chi connectivity index (χ2n) is 3.22. The zero-order valence-electron chi connectivity index (χ0n) is 8.60. The third kappa shape index (κ3) is 1.98. The largest absolute Gasteiger partial charge is 0.480 e. The Kier molecular flexibility index (Phi) is 3.02. The fourth-order valence-corrected chi connectivity index (χ4v) is 2.24. The van der Waals surface area contributed by atoms with Gasteiger partial charge in [0, 0.05) is 11.6 Å². The molecule has 2 aromatic heterocycles. The molecule has 84 valence electrons. The highest BCUT2D eigenvalue weighted by Gasteiger charge is 2.20. The Morgan fingerprint density at radius 3 is 3.06 bits per heavy atom. The number of rotatable bonds is 4. The first-order valence-corrected chi connectivity index (χ1v) is 5.59. The summed E-state index contributed by atoms with van der Waals surface area (Å²) in [6.07, 6.45) is 1.81. The zero-order valence-corrected chi connectivity index (χ0v) is 9.41. The number of H-pyrrole nitrogens is 1. The van der Waals surface area contributed by atoms with Crippen molar-refractivity contribution >= 4 is 17.3 Å². The van der Waals surface area contributed by atoms with Gasteiger partial charge in [0.15, 0.2) is 0 Å². The molecule has 3 N–H and O–H groups in total. The normalized spacial score (nSPS) is 12.6. The number of carboxylic acid groups (broad SMARTS) is 1. The monoisotopic (exact) mass is 237 g/mol. The predicted molar refractivity (Wildman–Crippen MR) is 61.3 cm³/mol. The molecule has 1 unspecified atom stereocenters. The van der Waals surface area contributed by atoms with Gasteiger partial charge in [-0.25, -0.2) is 4.98 Å². The standard InChI is InChI=1S/C10H11N3O2S/c1-11-8(10(14)15)7-5-16-9(13-7)6-3-2-4-12-6/h2-5,8,11-12H,1H3,(H,14,15). The first-order chi connectivity index (χ1) is 7.72. The number of nitrogens with one attached hydrogen (secondary N) is 2. The zero-order chi connectivity index (χ0) is 11.5. The lowest BCUT2D eigenvalue weighted by Gasteiger charge is -2.06. The van der Waals surface area contributed by atoms with Gasteiger partial charge in [0.05, 0.1) is 11.4 Å². The van der Waals surface area contributed by atoms with Crippen LogP contribution in [0.15, 0.2) is 23.7 Å². The Morgan fingerprint density at radius 2 is 2.50 bits per heavy atom. The van der Waals surface area contributed by atoms with Gasteiger partial charge in [-0.2, -0.15) is 0 Å². The Bertz CT molecular complexity index is 478. The number of carboxylic acids is 1. The van der Waals surface area contributed by atoms with Crippen LogP contribution in [0.1, 0.15) is 11.7 Å². The topological polar surface area (TPSA) is 78.0 Å². The summed E-state index contributed by atoms with van der Waals surface area (Å²) in [4.78, 5) is 18.2. The summed E-state index contributed by atoms with van der Waals surface area (Å²) >= 11 is 1.42. The van der Waals surface area contributed by atoms with Crippen LogP contribution in [0.2, 0.25) is 0 Å². The van der Waals surface area contributed by atoms with Crippen LogP contribution in [-0.4, -0.2) is 28.1 Å². The fourth-order valence-electron chi connectivity index (χ4n) is 1.40. The Labute approximate surface area is 96.2 Å². The number of aromatic amines is 1. The summed E-state index contributed by atoms with van der Waals surface area (Å²) in [6, 6.07) is 3.03. The molecule has 0 aliphatic rings. The second kappa shape index (κ2) is 4.46. The van der Waals surface area contributed by atoms with Gasteiger partial charge in [-0.3, -0.25) is 4.79 Å². The van der Waals surface area contributed by atoms with Gasteiger partial charge in [-0.05, 0) is 19.2 Å². The van der Waals surface area contributed by atoms with Gasteiger partial charge in [-0.1, -0.05) is 0 Å². The van der Waals surface area contributed by atoms with Gasteiger partial charge < -0.3 is 15.4 Å². The first kappa shape index (κ1) is 10.8. The fraction of sp³-hybridized carbons (Fsp3) is 0.200. The molecule has 0 aliphatic heterocycles. The van der Waals surface area contributed by atoms with Gasteiger partial charge in [0.1, 0.15) is 11.0 Å². The van der Waals surface area contributed by atoms with Crippen LogP contribution >= 0.6 is 11.3 Å². The summed E-state index contributed by atoms with van der Waals surface area (Å²) in [7, 11) is 1.60. The Balaban J connectivity index is 2.29. The summed E-state index contributed by atoms with van der Waals surface area (Å²) in [5.74, 6) is -0.925. The van der Waals surface area contributed by atoms with Crippen molar-refractivity contribution in [2.24, 2.45) is 0 Å². The van der Waals surface area contributed by atoms with E-state index < -0.39 is 12.0 Å². The van der Waals surface area contributed by atoms with Crippen molar-refractivity contribution in [3.8, 4) is 10.7 Å². The third-order valence-electron chi connectivity index (χ3n) is 2.18. The maximum absolute atomic E-state index is 10.9. The molecule has 6 heteroatoms. The number of hydrogen-bond acceptors (Lipinski definition) is 4. The molecule has 0 radical (unpaired) electrons. The molecule has 0 saturated heterocycles. The van der Waals surface area contributed by atoms with E-state index in [-0.39, 0.29) is 0 Å².